The van der Waals surface area contributed by atoms with E-state index in [1.807, 2.05) is 60.7 Å². The van der Waals surface area contributed by atoms with E-state index in [0.29, 0.717) is 22.5 Å². The highest BCUT2D eigenvalue weighted by atomic mass is 19.1. The van der Waals surface area contributed by atoms with Crippen LogP contribution in [-0.2, 0) is 0 Å². The quantitative estimate of drug-likeness (QED) is 0.126. The third-order valence-corrected chi connectivity index (χ3v) is 14.9. The molecule has 0 N–H and O–H groups in total. The predicted molar refractivity (Wildman–Crippen MR) is 319 cm³/mol. The molecule has 0 aliphatic carbocycles. The predicted octanol–water partition coefficient (Wildman–Crippen LogP) is 20.9. The van der Waals surface area contributed by atoms with Gasteiger partial charge in [0.25, 0.3) is 0 Å². The van der Waals surface area contributed by atoms with Crippen molar-refractivity contribution in [2.24, 2.45) is 0 Å². The minimum atomic E-state index is -0.307. The minimum Gasteiger partial charge on any atom is -0.307 e. The highest BCUT2D eigenvalue weighted by Crippen LogP contribution is 2.51. The molecular formula is C72H58F2N2. The summed E-state index contributed by atoms with van der Waals surface area (Å²) in [6, 6.07) is 71.3. The Morgan fingerprint density at radius 1 is 0.263 bits per heavy atom. The zero-order valence-corrected chi connectivity index (χ0v) is 44.3. The van der Waals surface area contributed by atoms with E-state index in [2.05, 4.69) is 211 Å². The summed E-state index contributed by atoms with van der Waals surface area (Å²) in [6.45, 7) is 16.7. The molecule has 370 valence electrons. The Balaban J connectivity index is 1.12. The Kier molecular flexibility index (Phi) is 12.1. The van der Waals surface area contributed by atoms with Crippen LogP contribution in [0.3, 0.4) is 0 Å². The van der Waals surface area contributed by atoms with E-state index in [1.165, 1.54) is 0 Å². The third kappa shape index (κ3) is 8.74. The van der Waals surface area contributed by atoms with Gasteiger partial charge in [0.2, 0.25) is 0 Å². The van der Waals surface area contributed by atoms with Gasteiger partial charge in [0, 0.05) is 33.3 Å². The molecule has 4 heteroatoms. The zero-order valence-electron chi connectivity index (χ0n) is 44.3. The molecule has 0 spiro atoms. The first kappa shape index (κ1) is 48.1. The first-order valence-electron chi connectivity index (χ1n) is 26.2. The Morgan fingerprint density at radius 3 is 0.882 bits per heavy atom. The standard InChI is InChI=1S/C72H58F2N2/c1-43-27-44(2)32-53(31-43)55-39-63(57-35-47(5)29-48(6)36-57)71(73)67(41-55)75(59-15-11-9-12-16-59)65-25-21-51-20-24-62-66(26-22-52-19-23-61(65)69(51)70(52)62)76(60-17-13-10-14-18-60)68-42-56(54-33-45(3)28-46(4)34-54)40-64(72(68)74)58-37-49(7)30-50(8)38-58/h9-42H,1-8H3. The highest BCUT2D eigenvalue weighted by molar-refractivity contribution is 6.28. The topological polar surface area (TPSA) is 6.48 Å². The molecule has 2 nitrogen and oxygen atoms in total. The van der Waals surface area contributed by atoms with Gasteiger partial charge in [0.15, 0.2) is 11.6 Å². The Morgan fingerprint density at radius 2 is 0.553 bits per heavy atom. The van der Waals surface area contributed by atoms with Gasteiger partial charge in [-0.25, -0.2) is 8.78 Å². The van der Waals surface area contributed by atoms with Gasteiger partial charge >= 0.3 is 0 Å². The van der Waals surface area contributed by atoms with Crippen molar-refractivity contribution < 1.29 is 8.78 Å². The van der Waals surface area contributed by atoms with E-state index < -0.39 is 0 Å². The van der Waals surface area contributed by atoms with Crippen LogP contribution in [0.15, 0.2) is 206 Å². The van der Waals surface area contributed by atoms with E-state index in [1.54, 1.807) is 0 Å². The lowest BCUT2D eigenvalue weighted by atomic mass is 9.90. The average molecular weight is 989 g/mol. The van der Waals surface area contributed by atoms with E-state index in [9.17, 15) is 0 Å². The van der Waals surface area contributed by atoms with Crippen molar-refractivity contribution in [1.82, 2.24) is 0 Å². The molecule has 0 unspecified atom stereocenters. The average Bonchev–Trinajstić information content (AvgIpc) is 3.54. The molecule has 12 rings (SSSR count). The lowest BCUT2D eigenvalue weighted by molar-refractivity contribution is 0.632. The lowest BCUT2D eigenvalue weighted by Crippen LogP contribution is -2.14. The normalized spacial score (nSPS) is 11.6. The molecule has 0 atom stereocenters. The second kappa shape index (κ2) is 19.1. The fourth-order valence-corrected chi connectivity index (χ4v) is 12.0. The number of halogens is 2. The van der Waals surface area contributed by atoms with Crippen LogP contribution in [0, 0.1) is 67.0 Å². The molecule has 12 aromatic carbocycles. The van der Waals surface area contributed by atoms with Gasteiger partial charge in [0.1, 0.15) is 0 Å². The van der Waals surface area contributed by atoms with E-state index in [-0.39, 0.29) is 11.6 Å². The van der Waals surface area contributed by atoms with Crippen LogP contribution >= 0.6 is 0 Å². The summed E-state index contributed by atoms with van der Waals surface area (Å²) in [5.74, 6) is -0.613. The first-order chi connectivity index (χ1) is 36.7. The molecule has 0 saturated heterocycles. The Labute approximate surface area is 445 Å². The Bertz CT molecular complexity index is 3880. The molecule has 0 bridgehead atoms. The van der Waals surface area contributed by atoms with Gasteiger partial charge in [-0.2, -0.15) is 0 Å². The monoisotopic (exact) mass is 988 g/mol. The number of benzene rings is 12. The number of anilines is 6. The molecule has 76 heavy (non-hydrogen) atoms. The summed E-state index contributed by atoms with van der Waals surface area (Å²) >= 11 is 0. The highest BCUT2D eigenvalue weighted by Gasteiger charge is 2.28. The van der Waals surface area contributed by atoms with E-state index in [4.69, 9.17) is 0 Å². The Hall–Kier alpha value is -8.86. The molecule has 0 fully saturated rings. The van der Waals surface area contributed by atoms with Crippen molar-refractivity contribution in [2.45, 2.75) is 55.4 Å². The van der Waals surface area contributed by atoms with Crippen LogP contribution in [0.25, 0.3) is 76.8 Å². The minimum absolute atomic E-state index is 0.307. The van der Waals surface area contributed by atoms with Crippen molar-refractivity contribution in [3.63, 3.8) is 0 Å². The maximum Gasteiger partial charge on any atom is 0.155 e. The summed E-state index contributed by atoms with van der Waals surface area (Å²) in [5, 5.41) is 6.12. The van der Waals surface area contributed by atoms with Crippen molar-refractivity contribution in [1.29, 1.82) is 0 Å². The van der Waals surface area contributed by atoms with Crippen molar-refractivity contribution in [3.8, 4) is 44.5 Å². The summed E-state index contributed by atoms with van der Waals surface area (Å²) in [7, 11) is 0. The van der Waals surface area contributed by atoms with Crippen LogP contribution in [-0.4, -0.2) is 0 Å². The van der Waals surface area contributed by atoms with Crippen molar-refractivity contribution >= 4 is 66.4 Å². The molecule has 0 aromatic heterocycles. The van der Waals surface area contributed by atoms with Crippen LogP contribution in [0.2, 0.25) is 0 Å². The largest absolute Gasteiger partial charge is 0.307 e. The number of hydrogen-bond acceptors (Lipinski definition) is 2. The zero-order chi connectivity index (χ0) is 52.5. The first-order valence-corrected chi connectivity index (χ1v) is 26.2. The molecular weight excluding hydrogens is 931 g/mol. The van der Waals surface area contributed by atoms with Gasteiger partial charge in [-0.15, -0.1) is 0 Å². The SMILES string of the molecule is Cc1cc(C)cc(-c2cc(-c3cc(C)cc(C)c3)c(F)c(N(c3ccccc3)c3ccc4ccc5c(N(c6ccccc6)c6cc(-c7cc(C)cc(C)c7)cc(-c7cc(C)cc(C)c7)c6F)ccc6ccc3c4c65)c2)c1. The smallest absolute Gasteiger partial charge is 0.155 e. The number of rotatable bonds is 10. The van der Waals surface area contributed by atoms with Crippen LogP contribution in [0.1, 0.15) is 44.5 Å². The fraction of sp³-hybridized carbons (Fsp3) is 0.111. The number of hydrogen-bond donors (Lipinski definition) is 0. The number of para-hydroxylation sites is 2. The molecule has 0 saturated carbocycles. The summed E-state index contributed by atoms with van der Waals surface area (Å²) in [4.78, 5) is 4.19. The maximum absolute atomic E-state index is 18.3. The lowest BCUT2D eigenvalue weighted by Gasteiger charge is -2.30. The van der Waals surface area contributed by atoms with Crippen molar-refractivity contribution in [3.05, 3.63) is 262 Å². The molecule has 0 aliphatic rings. The number of aryl methyl sites for hydroxylation is 8. The van der Waals surface area contributed by atoms with Crippen LogP contribution in [0.5, 0.6) is 0 Å². The van der Waals surface area contributed by atoms with Gasteiger partial charge < -0.3 is 9.80 Å². The third-order valence-electron chi connectivity index (χ3n) is 14.9. The molecule has 0 aliphatic heterocycles. The van der Waals surface area contributed by atoms with Gasteiger partial charge in [-0.3, -0.25) is 0 Å². The second-order valence-electron chi connectivity index (χ2n) is 21.2. The molecule has 0 heterocycles. The van der Waals surface area contributed by atoms with Crippen LogP contribution in [0.4, 0.5) is 42.9 Å². The molecule has 0 radical (unpaired) electrons. The molecule has 0 amide bonds. The maximum atomic E-state index is 18.3. The fourth-order valence-electron chi connectivity index (χ4n) is 12.0. The van der Waals surface area contributed by atoms with Crippen LogP contribution < -0.4 is 9.80 Å². The summed E-state index contributed by atoms with van der Waals surface area (Å²) in [6.07, 6.45) is 0. The van der Waals surface area contributed by atoms with E-state index >= 15 is 8.78 Å². The van der Waals surface area contributed by atoms with Gasteiger partial charge in [0.05, 0.1) is 22.7 Å². The second-order valence-corrected chi connectivity index (χ2v) is 21.2. The van der Waals surface area contributed by atoms with Gasteiger partial charge in [-0.05, 0) is 171 Å². The summed E-state index contributed by atoms with van der Waals surface area (Å²) in [5.41, 5.74) is 19.7. The van der Waals surface area contributed by atoms with Crippen molar-refractivity contribution in [2.75, 3.05) is 9.80 Å². The van der Waals surface area contributed by atoms with Gasteiger partial charge in [-0.1, -0.05) is 190 Å². The molecule has 12 aromatic rings. The number of nitrogens with zero attached hydrogens (tertiary/aromatic N) is 2. The summed E-state index contributed by atoms with van der Waals surface area (Å²) < 4.78 is 36.5. The van der Waals surface area contributed by atoms with E-state index in [0.717, 1.165) is 133 Å².